The summed E-state index contributed by atoms with van der Waals surface area (Å²) in [4.78, 5) is 0. The lowest BCUT2D eigenvalue weighted by molar-refractivity contribution is 0.606. The highest BCUT2D eigenvalue weighted by atomic mass is 32.2. The molecule has 0 bridgehead atoms. The number of nitrogens with two attached hydrogens (primary N) is 1. The molecule has 0 aromatic heterocycles. The van der Waals surface area contributed by atoms with Crippen molar-refractivity contribution in [2.45, 2.75) is 13.3 Å². The average Bonchev–Trinajstić information content (AvgIpc) is 2.14. The number of aryl methyl sites for hydroxylation is 1. The summed E-state index contributed by atoms with van der Waals surface area (Å²) in [5.41, 5.74) is 2.05. The number of rotatable bonds is 3. The summed E-state index contributed by atoms with van der Waals surface area (Å²) in [5.74, 6) is 0. The first kappa shape index (κ1) is 10.9. The number of hydrogen-bond acceptors (Lipinski definition) is 2. The van der Waals surface area contributed by atoms with Gasteiger partial charge in [0.25, 0.3) is 0 Å². The second-order valence-electron chi connectivity index (χ2n) is 2.99. The second kappa shape index (κ2) is 4.39. The van der Waals surface area contributed by atoms with Gasteiger partial charge >= 0.3 is 0 Å². The monoisotopic (exact) mass is 211 g/mol. The minimum absolute atomic E-state index is 0.830. The van der Waals surface area contributed by atoms with Gasteiger partial charge in [-0.2, -0.15) is 0 Å². The van der Waals surface area contributed by atoms with Crippen molar-refractivity contribution in [2.24, 2.45) is 5.14 Å². The molecule has 0 saturated carbocycles. The van der Waals surface area contributed by atoms with Gasteiger partial charge < -0.3 is 0 Å². The van der Waals surface area contributed by atoms with Crippen LogP contribution in [0.15, 0.2) is 29.7 Å². The number of hydrogen-bond donors (Lipinski definition) is 1. The number of primary sulfonamides is 1. The van der Waals surface area contributed by atoms with E-state index in [1.165, 1.54) is 11.6 Å². The van der Waals surface area contributed by atoms with Crippen LogP contribution in [0.3, 0.4) is 0 Å². The zero-order valence-electron chi connectivity index (χ0n) is 7.97. The van der Waals surface area contributed by atoms with E-state index in [4.69, 9.17) is 5.14 Å². The van der Waals surface area contributed by atoms with E-state index < -0.39 is 10.0 Å². The predicted octanol–water partition coefficient (Wildman–Crippen LogP) is 1.51. The van der Waals surface area contributed by atoms with Crippen molar-refractivity contribution in [3.63, 3.8) is 0 Å². The Bertz CT molecular complexity index is 418. The Labute approximate surface area is 84.3 Å². The fraction of sp³-hybridized carbons (Fsp3) is 0.200. The van der Waals surface area contributed by atoms with Gasteiger partial charge in [-0.05, 0) is 23.6 Å². The molecule has 0 spiro atoms. The van der Waals surface area contributed by atoms with E-state index in [0.29, 0.717) is 0 Å². The molecule has 0 aliphatic carbocycles. The van der Waals surface area contributed by atoms with Crippen LogP contribution in [0.2, 0.25) is 0 Å². The van der Waals surface area contributed by atoms with Gasteiger partial charge in [0, 0.05) is 5.41 Å². The molecule has 1 aromatic carbocycles. The molecule has 0 unspecified atom stereocenters. The van der Waals surface area contributed by atoms with Crippen LogP contribution in [-0.4, -0.2) is 8.42 Å². The van der Waals surface area contributed by atoms with Crippen LogP contribution in [0, 0.1) is 0 Å². The van der Waals surface area contributed by atoms with Gasteiger partial charge in [0.2, 0.25) is 10.0 Å². The first-order chi connectivity index (χ1) is 6.51. The minimum Gasteiger partial charge on any atom is -0.225 e. The Morgan fingerprint density at radius 3 is 2.29 bits per heavy atom. The summed E-state index contributed by atoms with van der Waals surface area (Å²) >= 11 is 0. The molecule has 0 aliphatic heterocycles. The fourth-order valence-electron chi connectivity index (χ4n) is 1.04. The highest BCUT2D eigenvalue weighted by molar-refractivity contribution is 7.92. The smallest absolute Gasteiger partial charge is 0.225 e. The molecule has 2 N–H and O–H groups in total. The lowest BCUT2D eigenvalue weighted by Gasteiger charge is -1.96. The van der Waals surface area contributed by atoms with Crippen molar-refractivity contribution in [1.29, 1.82) is 0 Å². The first-order valence-corrected chi connectivity index (χ1v) is 5.92. The summed E-state index contributed by atoms with van der Waals surface area (Å²) < 4.78 is 21.2. The molecule has 1 rings (SSSR count). The summed E-state index contributed by atoms with van der Waals surface area (Å²) in [6, 6.07) is 7.65. The molecule has 0 saturated heterocycles. The van der Waals surface area contributed by atoms with Crippen molar-refractivity contribution in [3.05, 3.63) is 40.8 Å². The summed E-state index contributed by atoms with van der Waals surface area (Å²) in [7, 11) is -3.52. The molecule has 0 heterocycles. The summed E-state index contributed by atoms with van der Waals surface area (Å²) in [6.45, 7) is 2.06. The third kappa shape index (κ3) is 3.72. The highest BCUT2D eigenvalue weighted by Crippen LogP contribution is 2.06. The van der Waals surface area contributed by atoms with Gasteiger partial charge in [0.05, 0.1) is 0 Å². The maximum atomic E-state index is 10.6. The lowest BCUT2D eigenvalue weighted by atomic mass is 10.1. The van der Waals surface area contributed by atoms with Crippen LogP contribution >= 0.6 is 0 Å². The number of sulfonamides is 1. The van der Waals surface area contributed by atoms with Crippen LogP contribution in [0.4, 0.5) is 0 Å². The second-order valence-corrected chi connectivity index (χ2v) is 4.44. The summed E-state index contributed by atoms with van der Waals surface area (Å²) in [5, 5.41) is 5.82. The third-order valence-corrected chi connectivity index (χ3v) is 2.35. The van der Waals surface area contributed by atoms with Gasteiger partial charge in [-0.15, -0.1) is 0 Å². The van der Waals surface area contributed by atoms with E-state index >= 15 is 0 Å². The Kier molecular flexibility index (Phi) is 3.43. The van der Waals surface area contributed by atoms with E-state index in [9.17, 15) is 8.42 Å². The molecule has 0 atom stereocenters. The van der Waals surface area contributed by atoms with E-state index in [0.717, 1.165) is 17.4 Å². The highest BCUT2D eigenvalue weighted by Gasteiger charge is 1.94. The Hall–Kier alpha value is -1.13. The van der Waals surface area contributed by atoms with Crippen molar-refractivity contribution in [2.75, 3.05) is 0 Å². The van der Waals surface area contributed by atoms with Gasteiger partial charge in [-0.1, -0.05) is 31.2 Å². The van der Waals surface area contributed by atoms with Crippen molar-refractivity contribution in [1.82, 2.24) is 0 Å². The third-order valence-electron chi connectivity index (χ3n) is 1.84. The molecular formula is C10H13NO2S. The Morgan fingerprint density at radius 2 is 1.86 bits per heavy atom. The summed E-state index contributed by atoms with van der Waals surface area (Å²) in [6.07, 6.45) is 2.45. The van der Waals surface area contributed by atoms with Crippen molar-refractivity contribution < 1.29 is 8.42 Å². The van der Waals surface area contributed by atoms with Crippen LogP contribution < -0.4 is 5.14 Å². The number of benzene rings is 1. The standard InChI is InChI=1S/C10H13NO2S/c1-2-9-3-5-10(6-4-9)7-8-14(11,12)13/h3-8H,2H2,1H3,(H2,11,12,13). The lowest BCUT2D eigenvalue weighted by Crippen LogP contribution is -2.06. The zero-order chi connectivity index (χ0) is 10.6. The minimum atomic E-state index is -3.52. The van der Waals surface area contributed by atoms with Crippen LogP contribution in [-0.2, 0) is 16.4 Å². The molecule has 0 fully saturated rings. The predicted molar refractivity (Wildman–Crippen MR) is 58.0 cm³/mol. The van der Waals surface area contributed by atoms with Gasteiger partial charge in [-0.25, -0.2) is 13.6 Å². The molecule has 4 heteroatoms. The molecule has 0 amide bonds. The Morgan fingerprint density at radius 1 is 1.29 bits per heavy atom. The fourth-order valence-corrected chi connectivity index (χ4v) is 1.38. The maximum absolute atomic E-state index is 10.6. The van der Waals surface area contributed by atoms with Gasteiger partial charge in [0.15, 0.2) is 0 Å². The quantitative estimate of drug-likeness (QED) is 0.823. The molecule has 0 aliphatic rings. The largest absolute Gasteiger partial charge is 0.231 e. The van der Waals surface area contributed by atoms with Gasteiger partial charge in [-0.3, -0.25) is 0 Å². The van der Waals surface area contributed by atoms with Crippen LogP contribution in [0.1, 0.15) is 18.1 Å². The van der Waals surface area contributed by atoms with E-state index in [2.05, 4.69) is 6.92 Å². The molecule has 14 heavy (non-hydrogen) atoms. The molecule has 76 valence electrons. The van der Waals surface area contributed by atoms with Crippen LogP contribution in [0.5, 0.6) is 0 Å². The molecular weight excluding hydrogens is 198 g/mol. The van der Waals surface area contributed by atoms with E-state index in [1.54, 1.807) is 0 Å². The molecule has 0 radical (unpaired) electrons. The van der Waals surface area contributed by atoms with E-state index in [-0.39, 0.29) is 0 Å². The van der Waals surface area contributed by atoms with Crippen LogP contribution in [0.25, 0.3) is 6.08 Å². The van der Waals surface area contributed by atoms with E-state index in [1.807, 2.05) is 24.3 Å². The van der Waals surface area contributed by atoms with Crippen molar-refractivity contribution in [3.8, 4) is 0 Å². The topological polar surface area (TPSA) is 60.2 Å². The molecule has 3 nitrogen and oxygen atoms in total. The van der Waals surface area contributed by atoms with Crippen molar-refractivity contribution >= 4 is 16.1 Å². The maximum Gasteiger partial charge on any atom is 0.231 e. The molecule has 1 aromatic rings. The van der Waals surface area contributed by atoms with Gasteiger partial charge in [0.1, 0.15) is 0 Å². The first-order valence-electron chi connectivity index (χ1n) is 4.31. The normalized spacial score (nSPS) is 12.1. The average molecular weight is 211 g/mol. The SMILES string of the molecule is CCc1ccc(C=CS(N)(=O)=O)cc1. The Balaban J connectivity index is 2.84. The zero-order valence-corrected chi connectivity index (χ0v) is 8.79.